The van der Waals surface area contributed by atoms with Crippen molar-refractivity contribution in [3.63, 3.8) is 0 Å². The summed E-state index contributed by atoms with van der Waals surface area (Å²) < 4.78 is 5.18. The summed E-state index contributed by atoms with van der Waals surface area (Å²) in [4.78, 5) is 4.94. The van der Waals surface area contributed by atoms with Crippen LogP contribution in [-0.2, 0) is 0 Å². The van der Waals surface area contributed by atoms with Crippen molar-refractivity contribution >= 4 is 83.1 Å². The molecule has 1 unspecified atom stereocenters. The minimum Gasteiger partial charge on any atom is -0.312 e. The lowest BCUT2D eigenvalue weighted by Gasteiger charge is -2.32. The van der Waals surface area contributed by atoms with Crippen LogP contribution in [0.3, 0.4) is 0 Å². The number of rotatable bonds is 8. The molecule has 11 aromatic rings. The van der Waals surface area contributed by atoms with Gasteiger partial charge in [-0.15, -0.1) is 0 Å². The summed E-state index contributed by atoms with van der Waals surface area (Å²) in [6, 6.07) is 68.0. The Bertz CT molecular complexity index is 3630. The second-order valence-electron chi connectivity index (χ2n) is 18.5. The van der Waals surface area contributed by atoms with E-state index in [1.807, 2.05) is 0 Å². The third-order valence-corrected chi connectivity index (χ3v) is 14.3. The summed E-state index contributed by atoms with van der Waals surface area (Å²) in [5.41, 5.74) is 20.3. The topological polar surface area (TPSA) is 15.8 Å². The molecule has 1 aliphatic carbocycles. The smallest absolute Gasteiger partial charge is 0.0641 e. The van der Waals surface area contributed by atoms with Gasteiger partial charge in [-0.05, 0) is 114 Å². The van der Waals surface area contributed by atoms with Crippen molar-refractivity contribution in [1.29, 1.82) is 0 Å². The number of benzene rings is 8. The van der Waals surface area contributed by atoms with Crippen molar-refractivity contribution in [3.05, 3.63) is 216 Å². The van der Waals surface area contributed by atoms with E-state index in [0.29, 0.717) is 11.8 Å². The van der Waals surface area contributed by atoms with Crippen molar-refractivity contribution in [1.82, 2.24) is 8.97 Å². The molecule has 4 heteroatoms. The second kappa shape index (κ2) is 14.0. The summed E-state index contributed by atoms with van der Waals surface area (Å²) in [6.45, 7) is 9.06. The van der Waals surface area contributed by atoms with E-state index < -0.39 is 0 Å². The van der Waals surface area contributed by atoms with Gasteiger partial charge in [-0.2, -0.15) is 0 Å². The number of fused-ring (bicyclic) bond motifs is 12. The van der Waals surface area contributed by atoms with E-state index in [2.05, 4.69) is 235 Å². The van der Waals surface area contributed by atoms with Crippen LogP contribution in [0.15, 0.2) is 188 Å². The molecule has 3 aromatic heterocycles. The lowest BCUT2D eigenvalue weighted by molar-refractivity contribution is 0.812. The lowest BCUT2D eigenvalue weighted by atomic mass is 9.85. The molecule has 308 valence electrons. The number of nitrogens with zero attached hydrogens (tertiary/aromatic N) is 4. The second-order valence-corrected chi connectivity index (χ2v) is 18.5. The summed E-state index contributed by atoms with van der Waals surface area (Å²) >= 11 is 0. The number of anilines is 5. The zero-order valence-electron chi connectivity index (χ0n) is 36.6. The van der Waals surface area contributed by atoms with Gasteiger partial charge in [0.2, 0.25) is 0 Å². The predicted octanol–water partition coefficient (Wildman–Crippen LogP) is 16.5. The van der Waals surface area contributed by atoms with Crippen molar-refractivity contribution in [3.8, 4) is 5.69 Å². The number of hydrogen-bond acceptors (Lipinski definition) is 2. The van der Waals surface area contributed by atoms with Crippen LogP contribution in [0.2, 0.25) is 0 Å². The number of hydrogen-bond donors (Lipinski definition) is 0. The Kier molecular flexibility index (Phi) is 8.09. The first-order valence-corrected chi connectivity index (χ1v) is 22.9. The molecule has 1 aliphatic heterocycles. The molecule has 0 fully saturated rings. The standard InChI is InChI=1S/C60H48N4/c1-37(2)39-23-27-43(28-24-39)61(41-15-7-5-8-16-41)53-33-31-45-49-35-56-50(36-55(49)63-51-21-13-11-19-47(51)57(53)59(45)63)46-32-34-54(58-48-20-12-14-22-52(48)64(56)60(46)58)62(42-17-9-6-10-18-42)44-29-25-40(26-30-44)38(3)4/h5-31,33-38,46H,32H2,1-4H3. The van der Waals surface area contributed by atoms with E-state index in [-0.39, 0.29) is 5.92 Å². The van der Waals surface area contributed by atoms with Gasteiger partial charge in [0.1, 0.15) is 0 Å². The van der Waals surface area contributed by atoms with E-state index in [9.17, 15) is 0 Å². The van der Waals surface area contributed by atoms with Crippen LogP contribution in [-0.4, -0.2) is 8.97 Å². The monoisotopic (exact) mass is 824 g/mol. The maximum absolute atomic E-state index is 2.61. The number of allylic oxidation sites excluding steroid dienone is 1. The zero-order chi connectivity index (χ0) is 42.8. The van der Waals surface area contributed by atoms with Crippen molar-refractivity contribution < 1.29 is 0 Å². The van der Waals surface area contributed by atoms with Gasteiger partial charge in [0.15, 0.2) is 0 Å². The SMILES string of the molecule is CC(C)c1ccc(N(C2=CCC3c4cc5c(cc4-n4c3c2c2ccccc24)c2ccc(N(c3ccccc3)c3ccc(C(C)C)cc3)c3c4ccccc4n5c23)c2ccccc2)cc1. The van der Waals surface area contributed by atoms with Gasteiger partial charge in [-0.1, -0.05) is 137 Å². The molecule has 0 radical (unpaired) electrons. The minimum absolute atomic E-state index is 0.228. The van der Waals surface area contributed by atoms with Crippen LogP contribution in [0.1, 0.15) is 79.8 Å². The molecule has 0 saturated carbocycles. The molecule has 8 aromatic carbocycles. The third kappa shape index (κ3) is 5.23. The Morgan fingerprint density at radius 1 is 0.484 bits per heavy atom. The first kappa shape index (κ1) is 37.0. The molecule has 2 aliphatic rings. The zero-order valence-corrected chi connectivity index (χ0v) is 36.6. The van der Waals surface area contributed by atoms with Gasteiger partial charge in [0.25, 0.3) is 0 Å². The molecule has 0 spiro atoms. The predicted molar refractivity (Wildman–Crippen MR) is 270 cm³/mol. The van der Waals surface area contributed by atoms with Gasteiger partial charge in [0.05, 0.1) is 39.1 Å². The first-order valence-electron chi connectivity index (χ1n) is 22.9. The van der Waals surface area contributed by atoms with Gasteiger partial charge in [-0.25, -0.2) is 0 Å². The van der Waals surface area contributed by atoms with Crippen LogP contribution < -0.4 is 9.80 Å². The molecule has 0 N–H and O–H groups in total. The molecule has 4 nitrogen and oxygen atoms in total. The first-order chi connectivity index (χ1) is 31.4. The average Bonchev–Trinajstić information content (AvgIpc) is 4.06. The van der Waals surface area contributed by atoms with Crippen LogP contribution in [0.25, 0.3) is 60.4 Å². The molecular formula is C60H48N4. The van der Waals surface area contributed by atoms with E-state index in [1.165, 1.54) is 105 Å². The van der Waals surface area contributed by atoms with Crippen LogP contribution in [0, 0.1) is 0 Å². The van der Waals surface area contributed by atoms with E-state index in [1.54, 1.807) is 0 Å². The lowest BCUT2D eigenvalue weighted by Crippen LogP contribution is -2.19. The third-order valence-electron chi connectivity index (χ3n) is 14.3. The van der Waals surface area contributed by atoms with Gasteiger partial charge >= 0.3 is 0 Å². The van der Waals surface area contributed by atoms with E-state index in [0.717, 1.165) is 17.8 Å². The fraction of sp³-hybridized carbons (Fsp3) is 0.133. The normalized spacial score (nSPS) is 14.4. The van der Waals surface area contributed by atoms with Crippen LogP contribution in [0.5, 0.6) is 0 Å². The van der Waals surface area contributed by atoms with Crippen molar-refractivity contribution in [2.75, 3.05) is 9.80 Å². The summed E-state index contributed by atoms with van der Waals surface area (Å²) in [5.74, 6) is 1.16. The molecule has 4 heterocycles. The highest BCUT2D eigenvalue weighted by atomic mass is 15.2. The Morgan fingerprint density at radius 3 is 1.70 bits per heavy atom. The van der Waals surface area contributed by atoms with Crippen LogP contribution >= 0.6 is 0 Å². The minimum atomic E-state index is 0.228. The highest BCUT2D eigenvalue weighted by Crippen LogP contribution is 2.55. The molecule has 0 saturated heterocycles. The Labute approximate surface area is 373 Å². The Hall–Kier alpha value is -7.56. The van der Waals surface area contributed by atoms with Crippen molar-refractivity contribution in [2.24, 2.45) is 0 Å². The molecule has 0 amide bonds. The molecule has 1 atom stereocenters. The molecular weight excluding hydrogens is 777 g/mol. The fourth-order valence-electron chi connectivity index (χ4n) is 11.3. The highest BCUT2D eigenvalue weighted by molar-refractivity contribution is 6.27. The maximum atomic E-state index is 2.61. The summed E-state index contributed by atoms with van der Waals surface area (Å²) in [6.07, 6.45) is 3.43. The quantitative estimate of drug-likeness (QED) is 0.152. The molecule has 13 rings (SSSR count). The van der Waals surface area contributed by atoms with Gasteiger partial charge in [-0.3, -0.25) is 0 Å². The van der Waals surface area contributed by atoms with Gasteiger partial charge < -0.3 is 18.8 Å². The average molecular weight is 825 g/mol. The van der Waals surface area contributed by atoms with E-state index >= 15 is 0 Å². The molecule has 0 bridgehead atoms. The number of para-hydroxylation sites is 4. The maximum Gasteiger partial charge on any atom is 0.0641 e. The van der Waals surface area contributed by atoms with Crippen molar-refractivity contribution in [2.45, 2.75) is 51.9 Å². The fourth-order valence-corrected chi connectivity index (χ4v) is 11.3. The number of aromatic nitrogens is 2. The van der Waals surface area contributed by atoms with Gasteiger partial charge in [0, 0.05) is 66.9 Å². The Morgan fingerprint density at radius 2 is 1.05 bits per heavy atom. The largest absolute Gasteiger partial charge is 0.312 e. The van der Waals surface area contributed by atoms with Crippen LogP contribution in [0.4, 0.5) is 28.4 Å². The Balaban J connectivity index is 1.04. The summed E-state index contributed by atoms with van der Waals surface area (Å²) in [7, 11) is 0. The van der Waals surface area contributed by atoms with E-state index in [4.69, 9.17) is 0 Å². The molecule has 64 heavy (non-hydrogen) atoms. The highest BCUT2D eigenvalue weighted by Gasteiger charge is 2.40. The summed E-state index contributed by atoms with van der Waals surface area (Å²) in [5, 5.41) is 6.42.